The third kappa shape index (κ3) is 5.41. The molecule has 2 aromatic rings. The lowest BCUT2D eigenvalue weighted by Crippen LogP contribution is -2.44. The molecule has 6 nitrogen and oxygen atoms in total. The lowest BCUT2D eigenvalue weighted by molar-refractivity contribution is -0.135. The maximum atomic E-state index is 13.5. The number of ether oxygens (including phenoxy) is 2. The largest absolute Gasteiger partial charge is 0.491 e. The van der Waals surface area contributed by atoms with Crippen LogP contribution in [0.2, 0.25) is 5.02 Å². The summed E-state index contributed by atoms with van der Waals surface area (Å²) >= 11 is 5.65. The molecule has 3 aliphatic carbocycles. The van der Waals surface area contributed by atoms with E-state index in [1.54, 1.807) is 0 Å². The zero-order valence-electron chi connectivity index (χ0n) is 18.7. The lowest BCUT2D eigenvalue weighted by Gasteiger charge is -2.36. The minimum absolute atomic E-state index is 0.00161. The van der Waals surface area contributed by atoms with Gasteiger partial charge in [0.25, 0.3) is 5.91 Å². The number of rotatable bonds is 9. The van der Waals surface area contributed by atoms with E-state index in [0.717, 1.165) is 30.2 Å². The Morgan fingerprint density at radius 2 is 1.82 bits per heavy atom. The van der Waals surface area contributed by atoms with Gasteiger partial charge >= 0.3 is 0 Å². The van der Waals surface area contributed by atoms with Gasteiger partial charge in [0.05, 0.1) is 16.5 Å². The van der Waals surface area contributed by atoms with E-state index >= 15 is 0 Å². The molecular formula is C25H28ClFN2O4. The van der Waals surface area contributed by atoms with Gasteiger partial charge in [0, 0.05) is 18.7 Å². The number of nitrogens with one attached hydrogen (secondary N) is 2. The maximum absolute atomic E-state index is 13.5. The summed E-state index contributed by atoms with van der Waals surface area (Å²) in [6.45, 7) is 4.19. The van der Waals surface area contributed by atoms with Crippen molar-refractivity contribution >= 4 is 23.4 Å². The Morgan fingerprint density at radius 3 is 2.48 bits per heavy atom. The number of hydrogen-bond acceptors (Lipinski definition) is 4. The van der Waals surface area contributed by atoms with Crippen LogP contribution in [0, 0.1) is 17.2 Å². The highest BCUT2D eigenvalue weighted by Crippen LogP contribution is 2.58. The van der Waals surface area contributed by atoms with Crippen molar-refractivity contribution in [2.24, 2.45) is 11.3 Å². The first-order valence-electron chi connectivity index (χ1n) is 11.2. The summed E-state index contributed by atoms with van der Waals surface area (Å²) in [4.78, 5) is 25.2. The molecule has 3 saturated carbocycles. The molecule has 3 fully saturated rings. The Labute approximate surface area is 197 Å². The molecule has 3 aliphatic rings. The van der Waals surface area contributed by atoms with Gasteiger partial charge in [-0.2, -0.15) is 0 Å². The Balaban J connectivity index is 1.22. The van der Waals surface area contributed by atoms with E-state index in [9.17, 15) is 14.0 Å². The second-order valence-electron chi connectivity index (χ2n) is 9.18. The van der Waals surface area contributed by atoms with Gasteiger partial charge in [0.2, 0.25) is 5.91 Å². The molecule has 2 aromatic carbocycles. The quantitative estimate of drug-likeness (QED) is 0.569. The van der Waals surface area contributed by atoms with Crippen LogP contribution in [0.5, 0.6) is 11.5 Å². The molecule has 176 valence electrons. The van der Waals surface area contributed by atoms with Crippen molar-refractivity contribution in [3.05, 3.63) is 58.9 Å². The van der Waals surface area contributed by atoms with Crippen LogP contribution in [0.3, 0.4) is 0 Å². The van der Waals surface area contributed by atoms with Crippen molar-refractivity contribution in [2.45, 2.75) is 51.8 Å². The van der Waals surface area contributed by atoms with Gasteiger partial charge in [-0.05, 0) is 68.9 Å². The lowest BCUT2D eigenvalue weighted by atomic mass is 9.69. The number of benzene rings is 2. The summed E-state index contributed by atoms with van der Waals surface area (Å²) < 4.78 is 24.5. The Morgan fingerprint density at radius 1 is 1.12 bits per heavy atom. The normalized spacial score (nSPS) is 23.1. The zero-order valence-corrected chi connectivity index (χ0v) is 19.5. The van der Waals surface area contributed by atoms with Crippen molar-refractivity contribution in [1.82, 2.24) is 10.6 Å². The average molecular weight is 475 g/mol. The number of halogens is 2. The molecule has 1 atom stereocenters. The first-order valence-corrected chi connectivity index (χ1v) is 11.5. The van der Waals surface area contributed by atoms with E-state index in [0.29, 0.717) is 18.9 Å². The van der Waals surface area contributed by atoms with Crippen LogP contribution in [0.4, 0.5) is 4.39 Å². The summed E-state index contributed by atoms with van der Waals surface area (Å²) in [6, 6.07) is 11.7. The zero-order chi connectivity index (χ0) is 23.6. The van der Waals surface area contributed by atoms with Crippen molar-refractivity contribution < 1.29 is 23.5 Å². The van der Waals surface area contributed by atoms with E-state index in [1.165, 1.54) is 12.1 Å². The SMILES string of the molecule is CC(C)Oc1ccc(CNC(=O)C23CC(C2)C(NC(=O)COc2ccc(Cl)c(F)c2)C3)cc1. The minimum atomic E-state index is -0.598. The van der Waals surface area contributed by atoms with Crippen molar-refractivity contribution in [1.29, 1.82) is 0 Å². The van der Waals surface area contributed by atoms with Crippen molar-refractivity contribution in [2.75, 3.05) is 6.61 Å². The molecule has 2 bridgehead atoms. The first kappa shape index (κ1) is 23.4. The van der Waals surface area contributed by atoms with Crippen molar-refractivity contribution in [3.63, 3.8) is 0 Å². The smallest absolute Gasteiger partial charge is 0.258 e. The molecule has 0 radical (unpaired) electrons. The van der Waals surface area contributed by atoms with Gasteiger partial charge in [-0.3, -0.25) is 9.59 Å². The number of carbonyl (C=O) groups is 2. The van der Waals surface area contributed by atoms with Crippen LogP contribution in [0.15, 0.2) is 42.5 Å². The van der Waals surface area contributed by atoms with E-state index in [1.807, 2.05) is 38.1 Å². The molecule has 5 rings (SSSR count). The number of hydrogen-bond donors (Lipinski definition) is 2. The van der Waals surface area contributed by atoms with Gasteiger partial charge in [0.1, 0.15) is 17.3 Å². The summed E-state index contributed by atoms with van der Waals surface area (Å²) in [5.74, 6) is 0.481. The summed E-state index contributed by atoms with van der Waals surface area (Å²) in [7, 11) is 0. The van der Waals surface area contributed by atoms with Crippen LogP contribution in [-0.4, -0.2) is 30.6 Å². The van der Waals surface area contributed by atoms with E-state index in [-0.39, 0.29) is 41.3 Å². The van der Waals surface area contributed by atoms with Gasteiger partial charge < -0.3 is 20.1 Å². The van der Waals surface area contributed by atoms with Gasteiger partial charge in [-0.25, -0.2) is 4.39 Å². The predicted octanol–water partition coefficient (Wildman–Crippen LogP) is 4.25. The van der Waals surface area contributed by atoms with E-state index < -0.39 is 11.2 Å². The van der Waals surface area contributed by atoms with Gasteiger partial charge in [-0.15, -0.1) is 0 Å². The van der Waals surface area contributed by atoms with E-state index in [4.69, 9.17) is 21.1 Å². The molecule has 2 amide bonds. The Kier molecular flexibility index (Phi) is 6.79. The monoisotopic (exact) mass is 474 g/mol. The molecule has 0 heterocycles. The molecule has 2 N–H and O–H groups in total. The van der Waals surface area contributed by atoms with Crippen LogP contribution in [-0.2, 0) is 16.1 Å². The molecule has 0 aromatic heterocycles. The second-order valence-corrected chi connectivity index (χ2v) is 9.59. The van der Waals surface area contributed by atoms with Gasteiger partial charge in [-0.1, -0.05) is 23.7 Å². The number of amides is 2. The van der Waals surface area contributed by atoms with Crippen molar-refractivity contribution in [3.8, 4) is 11.5 Å². The molecule has 0 saturated heterocycles. The number of fused-ring (bicyclic) bond motifs is 1. The molecule has 0 aliphatic heterocycles. The van der Waals surface area contributed by atoms with Crippen LogP contribution >= 0.6 is 11.6 Å². The van der Waals surface area contributed by atoms with Crippen LogP contribution in [0.25, 0.3) is 0 Å². The fraction of sp³-hybridized carbons (Fsp3) is 0.440. The molecule has 0 spiro atoms. The second kappa shape index (κ2) is 9.59. The summed E-state index contributed by atoms with van der Waals surface area (Å²) in [5, 5.41) is 6.01. The average Bonchev–Trinajstić information content (AvgIpc) is 3.29. The highest BCUT2D eigenvalue weighted by molar-refractivity contribution is 6.30. The molecule has 1 unspecified atom stereocenters. The molecule has 33 heavy (non-hydrogen) atoms. The third-order valence-electron chi connectivity index (χ3n) is 6.32. The highest BCUT2D eigenvalue weighted by Gasteiger charge is 2.60. The van der Waals surface area contributed by atoms with E-state index in [2.05, 4.69) is 10.6 Å². The third-order valence-corrected chi connectivity index (χ3v) is 6.63. The number of carbonyl (C=O) groups excluding carboxylic acids is 2. The van der Waals surface area contributed by atoms with Crippen LogP contribution in [0.1, 0.15) is 38.7 Å². The highest BCUT2D eigenvalue weighted by atomic mass is 35.5. The first-order chi connectivity index (χ1) is 15.7. The topological polar surface area (TPSA) is 76.7 Å². The summed E-state index contributed by atoms with van der Waals surface area (Å²) in [6.07, 6.45) is 2.28. The molecule has 8 heteroatoms. The Bertz CT molecular complexity index is 1020. The van der Waals surface area contributed by atoms with Crippen LogP contribution < -0.4 is 20.1 Å². The minimum Gasteiger partial charge on any atom is -0.491 e. The molecular weight excluding hydrogens is 447 g/mol. The fourth-order valence-electron chi connectivity index (χ4n) is 4.72. The fourth-order valence-corrected chi connectivity index (χ4v) is 4.84. The maximum Gasteiger partial charge on any atom is 0.258 e. The standard InChI is InChI=1S/C25H28ClFN2O4/c1-15(2)33-18-5-3-16(4-6-18)13-28-24(31)25-10-17(11-25)22(12-25)29-23(30)14-32-19-7-8-20(26)21(27)9-19/h3-9,15,17,22H,10-14H2,1-2H3,(H,28,31)(H,29,30). The Hall–Kier alpha value is -2.80. The van der Waals surface area contributed by atoms with Gasteiger partial charge in [0.15, 0.2) is 6.61 Å². The predicted molar refractivity (Wildman–Crippen MR) is 123 cm³/mol. The summed E-state index contributed by atoms with van der Waals surface area (Å²) in [5.41, 5.74) is 0.592.